The largest absolute Gasteiger partial charge is 0.481 e. The van der Waals surface area contributed by atoms with Gasteiger partial charge in [0.25, 0.3) is 5.91 Å². The van der Waals surface area contributed by atoms with Crippen molar-refractivity contribution in [2.24, 2.45) is 0 Å². The summed E-state index contributed by atoms with van der Waals surface area (Å²) in [7, 11) is 3.08. The molecule has 0 bridgehead atoms. The molecule has 1 aliphatic carbocycles. The number of hydrogen-bond donors (Lipinski definition) is 1. The molecule has 4 rings (SSSR count). The number of benzene rings is 1. The number of carboxylic acid groups (broad SMARTS) is 1. The van der Waals surface area contributed by atoms with Crippen molar-refractivity contribution in [2.45, 2.75) is 57.3 Å². The van der Waals surface area contributed by atoms with E-state index in [0.717, 1.165) is 43.9 Å². The van der Waals surface area contributed by atoms with Crippen molar-refractivity contribution < 1.29 is 32.6 Å². The fourth-order valence-electron chi connectivity index (χ4n) is 4.90. The number of carboxylic acids is 1. The molecule has 0 atom stereocenters. The van der Waals surface area contributed by atoms with Gasteiger partial charge in [0.1, 0.15) is 11.4 Å². The third-order valence-electron chi connectivity index (χ3n) is 6.91. The number of amides is 1. The number of ether oxygens (including phenoxy) is 1. The Balaban J connectivity index is 1.71. The van der Waals surface area contributed by atoms with E-state index in [9.17, 15) is 22.8 Å². The first-order valence-corrected chi connectivity index (χ1v) is 13.1. The minimum absolute atomic E-state index is 0.0346. The molecule has 0 spiro atoms. The zero-order valence-electron chi connectivity index (χ0n) is 22.4. The lowest BCUT2D eigenvalue weighted by molar-refractivity contribution is -0.141. The molecule has 12 heteroatoms. The molecule has 40 heavy (non-hydrogen) atoms. The van der Waals surface area contributed by atoms with Crippen molar-refractivity contribution in [1.29, 1.82) is 0 Å². The monoisotopic (exact) mass is 559 g/mol. The molecule has 9 nitrogen and oxygen atoms in total. The molecule has 1 N–H and O–H groups in total. The highest BCUT2D eigenvalue weighted by molar-refractivity contribution is 5.94. The van der Waals surface area contributed by atoms with Crippen molar-refractivity contribution in [3.63, 3.8) is 0 Å². The molecule has 1 saturated carbocycles. The molecule has 214 valence electrons. The van der Waals surface area contributed by atoms with E-state index in [1.54, 1.807) is 25.4 Å². The minimum atomic E-state index is -4.59. The minimum Gasteiger partial charge on any atom is -0.481 e. The Bertz CT molecular complexity index is 1320. The Morgan fingerprint density at radius 1 is 1.10 bits per heavy atom. The van der Waals surface area contributed by atoms with Crippen LogP contribution in [0.5, 0.6) is 0 Å². The zero-order chi connectivity index (χ0) is 28.9. The predicted octanol–water partition coefficient (Wildman–Crippen LogP) is 5.45. The Labute approximate surface area is 230 Å². The first-order chi connectivity index (χ1) is 19.1. The van der Waals surface area contributed by atoms with Gasteiger partial charge in [-0.3, -0.25) is 9.59 Å². The van der Waals surface area contributed by atoms with Crippen LogP contribution in [0, 0.1) is 0 Å². The molecule has 1 aromatic carbocycles. The predicted molar refractivity (Wildman–Crippen MR) is 142 cm³/mol. The Morgan fingerprint density at radius 2 is 1.80 bits per heavy atom. The van der Waals surface area contributed by atoms with E-state index in [1.807, 2.05) is 12.1 Å². The molecule has 3 aromatic rings. The summed E-state index contributed by atoms with van der Waals surface area (Å²) in [5.41, 5.74) is 1.44. The number of methoxy groups -OCH3 is 1. The third kappa shape index (κ3) is 6.79. The van der Waals surface area contributed by atoms with E-state index in [-0.39, 0.29) is 37.3 Å². The van der Waals surface area contributed by atoms with Gasteiger partial charge in [-0.15, -0.1) is 0 Å². The van der Waals surface area contributed by atoms with Gasteiger partial charge in [-0.25, -0.2) is 9.67 Å². The highest BCUT2D eigenvalue weighted by Crippen LogP contribution is 2.37. The molecule has 2 aromatic heterocycles. The summed E-state index contributed by atoms with van der Waals surface area (Å²) < 4.78 is 46.7. The average molecular weight is 560 g/mol. The van der Waals surface area contributed by atoms with Crippen molar-refractivity contribution >= 4 is 23.3 Å². The van der Waals surface area contributed by atoms with Gasteiger partial charge in [-0.1, -0.05) is 25.3 Å². The number of anilines is 2. The van der Waals surface area contributed by atoms with Gasteiger partial charge >= 0.3 is 12.1 Å². The zero-order valence-corrected chi connectivity index (χ0v) is 22.4. The summed E-state index contributed by atoms with van der Waals surface area (Å²) in [4.78, 5) is 31.0. The van der Waals surface area contributed by atoms with Crippen LogP contribution in [-0.4, -0.2) is 63.4 Å². The van der Waals surface area contributed by atoms with Gasteiger partial charge in [0.2, 0.25) is 0 Å². The number of alkyl halides is 3. The second kappa shape index (κ2) is 12.5. The quantitative estimate of drug-likeness (QED) is 0.353. The maximum Gasteiger partial charge on any atom is 0.433 e. The van der Waals surface area contributed by atoms with Crippen molar-refractivity contribution in [3.8, 4) is 5.82 Å². The van der Waals surface area contributed by atoms with Crippen LogP contribution in [0.2, 0.25) is 0 Å². The molecule has 0 radical (unpaired) electrons. The average Bonchev–Trinajstić information content (AvgIpc) is 3.35. The molecule has 0 aliphatic heterocycles. The van der Waals surface area contributed by atoms with Crippen LogP contribution in [0.1, 0.15) is 60.3 Å². The number of carbonyl (C=O) groups is 2. The van der Waals surface area contributed by atoms with Crippen LogP contribution in [-0.2, 0) is 22.3 Å². The smallest absolute Gasteiger partial charge is 0.433 e. The van der Waals surface area contributed by atoms with Gasteiger partial charge in [0.15, 0.2) is 5.82 Å². The van der Waals surface area contributed by atoms with E-state index >= 15 is 0 Å². The summed E-state index contributed by atoms with van der Waals surface area (Å²) in [5.74, 6) is -1.24. The lowest BCUT2D eigenvalue weighted by Crippen LogP contribution is -2.33. The number of carbonyl (C=O) groups excluding carboxylic acids is 1. The number of halogens is 3. The Morgan fingerprint density at radius 3 is 2.42 bits per heavy atom. The maximum atomic E-state index is 13.3. The van der Waals surface area contributed by atoms with Crippen molar-refractivity contribution in [3.05, 3.63) is 65.6 Å². The van der Waals surface area contributed by atoms with Crippen LogP contribution in [0.4, 0.5) is 24.5 Å². The number of aromatic nitrogens is 3. The number of aliphatic carboxylic acids is 1. The third-order valence-corrected chi connectivity index (χ3v) is 6.91. The summed E-state index contributed by atoms with van der Waals surface area (Å²) in [6.07, 6.45) is 1.96. The highest BCUT2D eigenvalue weighted by Gasteiger charge is 2.33. The fourth-order valence-corrected chi connectivity index (χ4v) is 4.90. The number of hydrogen-bond acceptors (Lipinski definition) is 6. The van der Waals surface area contributed by atoms with E-state index in [4.69, 9.17) is 9.84 Å². The second-order valence-electron chi connectivity index (χ2n) is 9.80. The van der Waals surface area contributed by atoms with E-state index in [0.29, 0.717) is 16.9 Å². The van der Waals surface area contributed by atoms with Crippen LogP contribution < -0.4 is 4.90 Å². The molecule has 1 aliphatic rings. The van der Waals surface area contributed by atoms with Crippen LogP contribution >= 0.6 is 0 Å². The molecule has 0 unspecified atom stereocenters. The molecule has 1 amide bonds. The van der Waals surface area contributed by atoms with Gasteiger partial charge in [0.05, 0.1) is 24.9 Å². The van der Waals surface area contributed by atoms with Crippen molar-refractivity contribution in [1.82, 2.24) is 19.7 Å². The Hall–Kier alpha value is -3.93. The molecular formula is C28H32F3N5O4. The van der Waals surface area contributed by atoms with Crippen LogP contribution in [0.3, 0.4) is 0 Å². The highest BCUT2D eigenvalue weighted by atomic mass is 19.4. The van der Waals surface area contributed by atoms with Gasteiger partial charge in [-0.2, -0.15) is 18.3 Å². The molecule has 1 fully saturated rings. The Kier molecular flexibility index (Phi) is 9.08. The van der Waals surface area contributed by atoms with Gasteiger partial charge in [-0.05, 0) is 49.2 Å². The standard InChI is InChI=1S/C28H32F3N5O4/c1-34(16-15-26(37)38)27(39)19-11-13-21(14-12-19)36(20-7-4-3-5-8-20)23-17-35(33-22(23)18-40-2)25-10-6-9-24(32-25)28(29,30)31/h6,9-14,17,20H,3-5,7-8,15-16,18H2,1-2H3,(H,37,38). The lowest BCUT2D eigenvalue weighted by atomic mass is 9.93. The maximum absolute atomic E-state index is 13.3. The van der Waals surface area contributed by atoms with E-state index in [2.05, 4.69) is 15.0 Å². The SMILES string of the molecule is COCc1nn(-c2cccc(C(F)(F)F)n2)cc1N(c1ccc(C(=O)N(C)CCC(=O)O)cc1)C1CCCCC1. The number of nitrogens with zero attached hydrogens (tertiary/aromatic N) is 5. The van der Waals surface area contributed by atoms with E-state index in [1.165, 1.54) is 28.8 Å². The first kappa shape index (κ1) is 29.1. The normalized spacial score (nSPS) is 14.2. The summed E-state index contributed by atoms with van der Waals surface area (Å²) >= 11 is 0. The fraction of sp³-hybridized carbons (Fsp3) is 0.429. The number of pyridine rings is 1. The van der Waals surface area contributed by atoms with Crippen molar-refractivity contribution in [2.75, 3.05) is 25.6 Å². The molecule has 2 heterocycles. The second-order valence-corrected chi connectivity index (χ2v) is 9.80. The van der Waals surface area contributed by atoms with Gasteiger partial charge in [0, 0.05) is 38.0 Å². The lowest BCUT2D eigenvalue weighted by Gasteiger charge is -2.36. The molecule has 0 saturated heterocycles. The molecular weight excluding hydrogens is 527 g/mol. The number of rotatable bonds is 10. The topological polar surface area (TPSA) is 101 Å². The summed E-state index contributed by atoms with van der Waals surface area (Å²) in [6, 6.07) is 10.8. The summed E-state index contributed by atoms with van der Waals surface area (Å²) in [6.45, 7) is 0.225. The van der Waals surface area contributed by atoms with Crippen LogP contribution in [0.25, 0.3) is 5.82 Å². The van der Waals surface area contributed by atoms with Gasteiger partial charge < -0.3 is 19.6 Å². The van der Waals surface area contributed by atoms with Crippen LogP contribution in [0.15, 0.2) is 48.7 Å². The van der Waals surface area contributed by atoms with E-state index < -0.39 is 17.8 Å². The first-order valence-electron chi connectivity index (χ1n) is 13.1. The summed E-state index contributed by atoms with van der Waals surface area (Å²) in [5, 5.41) is 13.5.